The van der Waals surface area contributed by atoms with Gasteiger partial charge < -0.3 is 0 Å². The summed E-state index contributed by atoms with van der Waals surface area (Å²) in [6.07, 6.45) is 0. The third-order valence-corrected chi connectivity index (χ3v) is 5.83. The Labute approximate surface area is 97.0 Å². The molecule has 0 bridgehead atoms. The molecule has 0 atom stereocenters. The first-order valence-corrected chi connectivity index (χ1v) is 7.35. The van der Waals surface area contributed by atoms with Crippen LogP contribution >= 0.6 is 0 Å². The zero-order valence-electron chi connectivity index (χ0n) is 8.34. The normalized spacial score (nSPS) is 14.4. The summed E-state index contributed by atoms with van der Waals surface area (Å²) in [6, 6.07) is 14.4. The predicted octanol–water partition coefficient (Wildman–Crippen LogP) is 0.767. The Kier molecular flexibility index (Phi) is 2.09. The van der Waals surface area contributed by atoms with Gasteiger partial charge in [-0.15, -0.1) is 0 Å². The van der Waals surface area contributed by atoms with Crippen molar-refractivity contribution in [3.05, 3.63) is 59.7 Å². The Balaban J connectivity index is 2.35. The van der Waals surface area contributed by atoms with Gasteiger partial charge in [-0.05, 0) is 0 Å². The molecule has 3 rings (SSSR count). The van der Waals surface area contributed by atoms with E-state index in [4.69, 9.17) is 0 Å². The van der Waals surface area contributed by atoms with Crippen LogP contribution in [0.1, 0.15) is 15.9 Å². The van der Waals surface area contributed by atoms with E-state index >= 15 is 0 Å². The minimum absolute atomic E-state index is 0.0120. The fourth-order valence-electron chi connectivity index (χ4n) is 1.90. The van der Waals surface area contributed by atoms with Gasteiger partial charge in [0.25, 0.3) is 0 Å². The van der Waals surface area contributed by atoms with Crippen molar-refractivity contribution in [1.82, 2.24) is 0 Å². The first-order valence-electron chi connectivity index (χ1n) is 4.93. The summed E-state index contributed by atoms with van der Waals surface area (Å²) >= 11 is -2.25. The van der Waals surface area contributed by atoms with Crippen molar-refractivity contribution >= 4 is 28.5 Å². The number of carbonyl (C=O) groups is 1. The van der Waals surface area contributed by atoms with E-state index in [0.717, 1.165) is 0 Å². The van der Waals surface area contributed by atoms with Crippen LogP contribution in [-0.4, -0.2) is 19.6 Å². The summed E-state index contributed by atoms with van der Waals surface area (Å²) in [5, 5.41) is 0. The Hall–Kier alpha value is -1.57. The quantitative estimate of drug-likeness (QED) is 0.568. The van der Waals surface area contributed by atoms with Gasteiger partial charge in [-0.3, -0.25) is 0 Å². The van der Waals surface area contributed by atoms with E-state index in [1.54, 1.807) is 24.3 Å². The Morgan fingerprint density at radius 3 is 1.69 bits per heavy atom. The monoisotopic (exact) mass is 276 g/mol. The minimum atomic E-state index is -2.25. The summed E-state index contributed by atoms with van der Waals surface area (Å²) in [4.78, 5) is 12.1. The fourth-order valence-corrected chi connectivity index (χ4v) is 4.75. The molecule has 1 aliphatic rings. The Morgan fingerprint density at radius 1 is 0.750 bits per heavy atom. The number of ketones is 1. The SMILES string of the molecule is O=C1c2ccccc2[Se](=O)c2ccccc21. The molecule has 0 saturated heterocycles. The summed E-state index contributed by atoms with van der Waals surface area (Å²) in [7, 11) is 0. The molecule has 1 aliphatic heterocycles. The number of hydrogen-bond donors (Lipinski definition) is 0. The van der Waals surface area contributed by atoms with Crippen LogP contribution in [0, 0.1) is 0 Å². The van der Waals surface area contributed by atoms with Crippen molar-refractivity contribution in [2.24, 2.45) is 0 Å². The van der Waals surface area contributed by atoms with Gasteiger partial charge in [0, 0.05) is 0 Å². The third-order valence-electron chi connectivity index (χ3n) is 2.66. The van der Waals surface area contributed by atoms with E-state index in [-0.39, 0.29) is 5.78 Å². The molecule has 0 unspecified atom stereocenters. The molecule has 2 nitrogen and oxygen atoms in total. The topological polar surface area (TPSA) is 34.1 Å². The Morgan fingerprint density at radius 2 is 1.19 bits per heavy atom. The summed E-state index contributed by atoms with van der Waals surface area (Å²) in [5.41, 5.74) is 1.20. The fraction of sp³-hybridized carbons (Fsp3) is 0. The molecule has 0 spiro atoms. The maximum absolute atomic E-state index is 12.3. The molecule has 0 N–H and O–H groups in total. The van der Waals surface area contributed by atoms with Crippen LogP contribution in [0.15, 0.2) is 48.5 Å². The van der Waals surface area contributed by atoms with Crippen molar-refractivity contribution < 1.29 is 8.63 Å². The number of carbonyl (C=O) groups excluding carboxylic acids is 1. The van der Waals surface area contributed by atoms with Crippen LogP contribution in [0.4, 0.5) is 0 Å². The number of rotatable bonds is 0. The van der Waals surface area contributed by atoms with Crippen LogP contribution in [0.25, 0.3) is 0 Å². The summed E-state index contributed by atoms with van der Waals surface area (Å²) < 4.78 is 13.7. The molecular weight excluding hydrogens is 267 g/mol. The maximum atomic E-state index is 12.3. The molecule has 2 aromatic rings. The van der Waals surface area contributed by atoms with E-state index in [2.05, 4.69) is 0 Å². The average Bonchev–Trinajstić information content (AvgIpc) is 2.36. The molecule has 0 radical (unpaired) electrons. The second-order valence-corrected chi connectivity index (χ2v) is 6.56. The number of benzene rings is 2. The van der Waals surface area contributed by atoms with Crippen molar-refractivity contribution in [2.75, 3.05) is 0 Å². The zero-order valence-corrected chi connectivity index (χ0v) is 10.1. The van der Waals surface area contributed by atoms with E-state index in [1.807, 2.05) is 24.3 Å². The first kappa shape index (κ1) is 9.64. The second kappa shape index (κ2) is 3.48. The molecular formula is C13H8O2Se. The van der Waals surface area contributed by atoms with E-state index in [1.165, 1.54) is 0 Å². The van der Waals surface area contributed by atoms with Gasteiger partial charge in [0.2, 0.25) is 0 Å². The standard InChI is InChI=1S/C13H8O2Se/c14-13-9-5-1-3-7-11(9)16(15)12-8-4-2-6-10(12)13/h1-8H. The van der Waals surface area contributed by atoms with Crippen LogP contribution in [0.5, 0.6) is 0 Å². The van der Waals surface area contributed by atoms with Gasteiger partial charge in [-0.25, -0.2) is 0 Å². The molecule has 3 heteroatoms. The molecule has 0 fully saturated rings. The summed E-state index contributed by atoms with van der Waals surface area (Å²) in [6.45, 7) is 0. The third kappa shape index (κ3) is 1.22. The van der Waals surface area contributed by atoms with Gasteiger partial charge in [0.05, 0.1) is 0 Å². The molecule has 0 saturated carbocycles. The van der Waals surface area contributed by atoms with Crippen LogP contribution in [0.2, 0.25) is 0 Å². The van der Waals surface area contributed by atoms with Crippen molar-refractivity contribution in [1.29, 1.82) is 0 Å². The van der Waals surface area contributed by atoms with E-state index < -0.39 is 13.8 Å². The molecule has 16 heavy (non-hydrogen) atoms. The predicted molar refractivity (Wildman–Crippen MR) is 62.0 cm³/mol. The zero-order chi connectivity index (χ0) is 11.1. The van der Waals surface area contributed by atoms with Crippen LogP contribution in [0.3, 0.4) is 0 Å². The molecule has 0 amide bonds. The van der Waals surface area contributed by atoms with Crippen LogP contribution < -0.4 is 8.92 Å². The Bertz CT molecular complexity index is 511. The van der Waals surface area contributed by atoms with Crippen molar-refractivity contribution in [3.8, 4) is 0 Å². The second-order valence-electron chi connectivity index (χ2n) is 3.59. The van der Waals surface area contributed by atoms with Gasteiger partial charge >= 0.3 is 96.8 Å². The molecule has 1 heterocycles. The number of fused-ring (bicyclic) bond motifs is 2. The van der Waals surface area contributed by atoms with E-state index in [0.29, 0.717) is 20.1 Å². The van der Waals surface area contributed by atoms with Gasteiger partial charge in [-0.2, -0.15) is 0 Å². The van der Waals surface area contributed by atoms with Gasteiger partial charge in [0.15, 0.2) is 0 Å². The number of hydrogen-bond acceptors (Lipinski definition) is 2. The molecule has 2 aromatic carbocycles. The first-order chi connectivity index (χ1) is 7.79. The van der Waals surface area contributed by atoms with Crippen molar-refractivity contribution in [3.63, 3.8) is 0 Å². The van der Waals surface area contributed by atoms with Crippen LogP contribution in [-0.2, 0) is 3.83 Å². The summed E-state index contributed by atoms with van der Waals surface area (Å²) in [5.74, 6) is -0.0120. The van der Waals surface area contributed by atoms with Crippen molar-refractivity contribution in [2.45, 2.75) is 0 Å². The van der Waals surface area contributed by atoms with E-state index in [9.17, 15) is 8.63 Å². The van der Waals surface area contributed by atoms with Gasteiger partial charge in [0.1, 0.15) is 0 Å². The molecule has 0 aromatic heterocycles. The molecule has 0 aliphatic carbocycles. The molecule has 78 valence electrons. The van der Waals surface area contributed by atoms with Gasteiger partial charge in [-0.1, -0.05) is 0 Å². The average molecular weight is 275 g/mol.